The summed E-state index contributed by atoms with van der Waals surface area (Å²) in [6, 6.07) is 3.81. The van der Waals surface area contributed by atoms with E-state index in [1.54, 1.807) is 25.1 Å². The summed E-state index contributed by atoms with van der Waals surface area (Å²) in [5.74, 6) is -0.425. The second-order valence-corrected chi connectivity index (χ2v) is 3.13. The molecule has 1 rings (SSSR count). The van der Waals surface area contributed by atoms with Crippen molar-refractivity contribution in [1.82, 2.24) is 0 Å². The Labute approximate surface area is 106 Å². The van der Waals surface area contributed by atoms with Crippen molar-refractivity contribution in [3.63, 3.8) is 0 Å². The maximum absolute atomic E-state index is 11.2. The van der Waals surface area contributed by atoms with E-state index in [1.807, 2.05) is 0 Å². The van der Waals surface area contributed by atoms with Crippen LogP contribution in [0.2, 0.25) is 0 Å². The molecule has 0 amide bonds. The van der Waals surface area contributed by atoms with Crippen LogP contribution in [0.1, 0.15) is 18.5 Å². The van der Waals surface area contributed by atoms with Crippen LogP contribution in [-0.2, 0) is 9.53 Å². The van der Waals surface area contributed by atoms with Gasteiger partial charge in [0.05, 0.1) is 13.7 Å². The molecule has 1 aromatic carbocycles. The van der Waals surface area contributed by atoms with Crippen molar-refractivity contribution in [3.8, 4) is 11.5 Å². The van der Waals surface area contributed by atoms with E-state index >= 15 is 0 Å². The van der Waals surface area contributed by atoms with Crippen LogP contribution in [0.3, 0.4) is 0 Å². The monoisotopic (exact) mass is 261 g/mol. The highest BCUT2D eigenvalue weighted by atomic mass is 35.5. The van der Waals surface area contributed by atoms with Gasteiger partial charge in [-0.2, -0.15) is 0 Å². The van der Waals surface area contributed by atoms with Crippen LogP contribution in [-0.4, -0.2) is 24.8 Å². The van der Waals surface area contributed by atoms with E-state index in [0.29, 0.717) is 12.4 Å². The van der Waals surface area contributed by atoms with Crippen molar-refractivity contribution in [3.05, 3.63) is 23.8 Å². The Morgan fingerprint density at radius 1 is 1.53 bits per heavy atom. The summed E-state index contributed by atoms with van der Waals surface area (Å²) in [6.45, 7) is 2.22. The number of carbonyl (C=O) groups is 1. The van der Waals surface area contributed by atoms with E-state index in [4.69, 9.17) is 10.5 Å². The Hall–Kier alpha value is -1.46. The number of halogens is 1. The first-order valence-electron chi connectivity index (χ1n) is 4.89. The number of ether oxygens (including phenoxy) is 2. The molecule has 0 radical (unpaired) electrons. The number of methoxy groups -OCH3 is 1. The summed E-state index contributed by atoms with van der Waals surface area (Å²) in [6.07, 6.45) is 0. The first kappa shape index (κ1) is 15.5. The third kappa shape index (κ3) is 3.51. The van der Waals surface area contributed by atoms with E-state index in [0.717, 1.165) is 0 Å². The predicted molar refractivity (Wildman–Crippen MR) is 65.5 cm³/mol. The summed E-state index contributed by atoms with van der Waals surface area (Å²) < 4.78 is 9.69. The first-order chi connectivity index (χ1) is 7.61. The number of para-hydroxylation sites is 1. The maximum Gasteiger partial charge on any atom is 0.327 e. The second-order valence-electron chi connectivity index (χ2n) is 3.13. The van der Waals surface area contributed by atoms with E-state index in [-0.39, 0.29) is 23.7 Å². The number of aromatic hydroxyl groups is 1. The number of hydrogen-bond acceptors (Lipinski definition) is 5. The molecule has 17 heavy (non-hydrogen) atoms. The molecule has 96 valence electrons. The molecular weight excluding hydrogens is 246 g/mol. The summed E-state index contributed by atoms with van der Waals surface area (Å²) >= 11 is 0. The molecule has 1 aromatic rings. The molecule has 0 saturated heterocycles. The van der Waals surface area contributed by atoms with Crippen LogP contribution in [0.4, 0.5) is 0 Å². The summed E-state index contributed by atoms with van der Waals surface area (Å²) in [4.78, 5) is 11.2. The Kier molecular flexibility index (Phi) is 6.38. The number of phenols is 1. The molecule has 3 N–H and O–H groups in total. The zero-order valence-corrected chi connectivity index (χ0v) is 10.5. The van der Waals surface area contributed by atoms with Gasteiger partial charge in [-0.1, -0.05) is 12.1 Å². The van der Waals surface area contributed by atoms with Crippen molar-refractivity contribution in [1.29, 1.82) is 0 Å². The molecule has 0 aliphatic rings. The normalized spacial score (nSPS) is 11.2. The molecule has 0 bridgehead atoms. The van der Waals surface area contributed by atoms with Gasteiger partial charge >= 0.3 is 5.97 Å². The van der Waals surface area contributed by atoms with E-state index in [9.17, 15) is 9.90 Å². The molecule has 0 unspecified atom stereocenters. The van der Waals surface area contributed by atoms with Crippen LogP contribution in [0.25, 0.3) is 0 Å². The molecule has 0 spiro atoms. The number of carbonyl (C=O) groups excluding carboxylic acids is 1. The highest BCUT2D eigenvalue weighted by molar-refractivity contribution is 5.85. The molecule has 0 aromatic heterocycles. The lowest BCUT2D eigenvalue weighted by Crippen LogP contribution is -2.22. The van der Waals surface area contributed by atoms with Gasteiger partial charge in [0.2, 0.25) is 0 Å². The molecular formula is C11H16ClNO4. The summed E-state index contributed by atoms with van der Waals surface area (Å²) in [5, 5.41) is 9.82. The van der Waals surface area contributed by atoms with Crippen LogP contribution >= 0.6 is 12.4 Å². The van der Waals surface area contributed by atoms with Gasteiger partial charge < -0.3 is 20.3 Å². The van der Waals surface area contributed by atoms with Gasteiger partial charge in [0.25, 0.3) is 0 Å². The minimum atomic E-state index is -1.01. The van der Waals surface area contributed by atoms with Crippen LogP contribution in [0, 0.1) is 0 Å². The average Bonchev–Trinajstić information content (AvgIpc) is 2.30. The SMILES string of the molecule is CCOc1cccc([C@@H](N)C(=O)OC)c1O.Cl. The maximum atomic E-state index is 11.2. The Bertz CT molecular complexity index is 384. The molecule has 5 nitrogen and oxygen atoms in total. The minimum Gasteiger partial charge on any atom is -0.504 e. The largest absolute Gasteiger partial charge is 0.504 e. The highest BCUT2D eigenvalue weighted by Crippen LogP contribution is 2.33. The molecule has 0 saturated carbocycles. The lowest BCUT2D eigenvalue weighted by atomic mass is 10.1. The van der Waals surface area contributed by atoms with Crippen molar-refractivity contribution in [2.45, 2.75) is 13.0 Å². The Morgan fingerprint density at radius 3 is 2.71 bits per heavy atom. The standard InChI is InChI=1S/C11H15NO4.ClH/c1-3-16-8-6-4-5-7(10(8)13)9(12)11(14)15-2;/h4-6,9,13H,3,12H2,1-2H3;1H/t9-;/m1./s1. The highest BCUT2D eigenvalue weighted by Gasteiger charge is 2.21. The summed E-state index contributed by atoms with van der Waals surface area (Å²) in [7, 11) is 1.24. The average molecular weight is 262 g/mol. The van der Waals surface area contributed by atoms with Gasteiger partial charge in [-0.15, -0.1) is 12.4 Å². The summed E-state index contributed by atoms with van der Waals surface area (Å²) in [5.41, 5.74) is 5.91. The second kappa shape index (κ2) is 6.98. The van der Waals surface area contributed by atoms with Crippen LogP contribution in [0.15, 0.2) is 18.2 Å². The van der Waals surface area contributed by atoms with Gasteiger partial charge in [-0.3, -0.25) is 4.79 Å². The first-order valence-corrected chi connectivity index (χ1v) is 4.89. The molecule has 0 aliphatic carbocycles. The number of nitrogens with two attached hydrogens (primary N) is 1. The van der Waals surface area contributed by atoms with Gasteiger partial charge in [0, 0.05) is 5.56 Å². The predicted octanol–water partition coefficient (Wildman–Crippen LogP) is 1.39. The molecule has 1 atom stereocenters. The van der Waals surface area contributed by atoms with Crippen molar-refractivity contribution < 1.29 is 19.4 Å². The lowest BCUT2D eigenvalue weighted by molar-refractivity contribution is -0.142. The van der Waals surface area contributed by atoms with E-state index < -0.39 is 12.0 Å². The minimum absolute atomic E-state index is 0. The van der Waals surface area contributed by atoms with E-state index in [2.05, 4.69) is 4.74 Å². The lowest BCUT2D eigenvalue weighted by Gasteiger charge is -2.13. The number of hydrogen-bond donors (Lipinski definition) is 2. The Morgan fingerprint density at radius 2 is 2.18 bits per heavy atom. The van der Waals surface area contributed by atoms with Gasteiger partial charge in [-0.05, 0) is 13.0 Å². The van der Waals surface area contributed by atoms with Crippen molar-refractivity contribution >= 4 is 18.4 Å². The third-order valence-electron chi connectivity index (χ3n) is 2.12. The topological polar surface area (TPSA) is 81.8 Å². The van der Waals surface area contributed by atoms with Crippen LogP contribution in [0.5, 0.6) is 11.5 Å². The zero-order chi connectivity index (χ0) is 12.1. The fourth-order valence-corrected chi connectivity index (χ4v) is 1.32. The number of benzene rings is 1. The fourth-order valence-electron chi connectivity index (χ4n) is 1.32. The van der Waals surface area contributed by atoms with Gasteiger partial charge in [-0.25, -0.2) is 0 Å². The van der Waals surface area contributed by atoms with Crippen molar-refractivity contribution in [2.75, 3.05) is 13.7 Å². The fraction of sp³-hybridized carbons (Fsp3) is 0.364. The number of esters is 1. The zero-order valence-electron chi connectivity index (χ0n) is 9.67. The molecule has 0 heterocycles. The molecule has 6 heteroatoms. The van der Waals surface area contributed by atoms with E-state index in [1.165, 1.54) is 7.11 Å². The third-order valence-corrected chi connectivity index (χ3v) is 2.12. The van der Waals surface area contributed by atoms with Gasteiger partial charge in [0.15, 0.2) is 11.5 Å². The van der Waals surface area contributed by atoms with Crippen LogP contribution < -0.4 is 10.5 Å². The van der Waals surface area contributed by atoms with Gasteiger partial charge in [0.1, 0.15) is 6.04 Å². The Balaban J connectivity index is 0.00000256. The number of phenolic OH excluding ortho intramolecular Hbond substituents is 1. The number of rotatable bonds is 4. The van der Waals surface area contributed by atoms with Crippen molar-refractivity contribution in [2.24, 2.45) is 5.73 Å². The quantitative estimate of drug-likeness (QED) is 0.801. The smallest absolute Gasteiger partial charge is 0.327 e. The molecule has 0 aliphatic heterocycles. The molecule has 0 fully saturated rings.